The Hall–Kier alpha value is -1.83. The largest absolute Gasteiger partial charge is 0.468 e. The number of amides is 1. The second-order valence-electron chi connectivity index (χ2n) is 5.92. The molecular formula is C18H19N3O2S2. The van der Waals surface area contributed by atoms with E-state index in [-0.39, 0.29) is 11.9 Å². The Bertz CT molecular complexity index is 841. The molecule has 1 aromatic carbocycles. The monoisotopic (exact) mass is 373 g/mol. The zero-order valence-electron chi connectivity index (χ0n) is 13.7. The number of benzene rings is 1. The molecule has 25 heavy (non-hydrogen) atoms. The molecule has 0 unspecified atom stereocenters. The molecule has 5 nitrogen and oxygen atoms in total. The number of carbonyl (C=O) groups excluding carboxylic acids is 1. The normalized spacial score (nSPS) is 16.8. The minimum absolute atomic E-state index is 0.0572. The summed E-state index contributed by atoms with van der Waals surface area (Å²) >= 11 is 3.52. The van der Waals surface area contributed by atoms with E-state index in [4.69, 9.17) is 4.42 Å². The molecule has 7 heteroatoms. The molecule has 0 spiro atoms. The molecule has 1 atom stereocenters. The van der Waals surface area contributed by atoms with Crippen LogP contribution >= 0.6 is 23.1 Å². The van der Waals surface area contributed by atoms with E-state index in [1.165, 1.54) is 0 Å². The van der Waals surface area contributed by atoms with Crippen molar-refractivity contribution in [2.24, 2.45) is 0 Å². The number of thioether (sulfide) groups is 1. The van der Waals surface area contributed by atoms with Gasteiger partial charge in [-0.3, -0.25) is 9.69 Å². The van der Waals surface area contributed by atoms with Gasteiger partial charge in [-0.25, -0.2) is 4.98 Å². The molecule has 1 saturated heterocycles. The number of nitrogens with one attached hydrogen (secondary N) is 1. The first kappa shape index (κ1) is 16.6. The number of furan rings is 1. The van der Waals surface area contributed by atoms with Crippen LogP contribution in [0, 0.1) is 0 Å². The Morgan fingerprint density at radius 1 is 1.32 bits per heavy atom. The van der Waals surface area contributed by atoms with Gasteiger partial charge < -0.3 is 9.73 Å². The molecule has 0 saturated carbocycles. The van der Waals surface area contributed by atoms with Crippen molar-refractivity contribution >= 4 is 39.2 Å². The van der Waals surface area contributed by atoms with Crippen LogP contribution in [-0.4, -0.2) is 46.9 Å². The first-order valence-electron chi connectivity index (χ1n) is 8.28. The van der Waals surface area contributed by atoms with Crippen LogP contribution in [0.25, 0.3) is 10.2 Å². The van der Waals surface area contributed by atoms with Crippen LogP contribution in [-0.2, 0) is 0 Å². The van der Waals surface area contributed by atoms with Crippen molar-refractivity contribution in [2.75, 3.05) is 31.1 Å². The first-order chi connectivity index (χ1) is 12.3. The molecule has 1 aliphatic rings. The number of rotatable bonds is 5. The van der Waals surface area contributed by atoms with Crippen LogP contribution < -0.4 is 5.32 Å². The van der Waals surface area contributed by atoms with E-state index in [2.05, 4.69) is 15.2 Å². The fourth-order valence-corrected chi connectivity index (χ4v) is 4.72. The lowest BCUT2D eigenvalue weighted by molar-refractivity contribution is 0.0930. The Balaban J connectivity index is 1.47. The van der Waals surface area contributed by atoms with E-state index in [1.807, 2.05) is 42.1 Å². The first-order valence-corrected chi connectivity index (χ1v) is 10.3. The maximum absolute atomic E-state index is 12.6. The predicted molar refractivity (Wildman–Crippen MR) is 102 cm³/mol. The average Bonchev–Trinajstić information content (AvgIpc) is 3.34. The Labute approximate surface area is 154 Å². The van der Waals surface area contributed by atoms with Gasteiger partial charge in [0, 0.05) is 36.7 Å². The van der Waals surface area contributed by atoms with Gasteiger partial charge in [-0.05, 0) is 30.3 Å². The van der Waals surface area contributed by atoms with Gasteiger partial charge in [0.2, 0.25) is 0 Å². The van der Waals surface area contributed by atoms with E-state index in [0.717, 1.165) is 40.6 Å². The summed E-state index contributed by atoms with van der Waals surface area (Å²) in [7, 11) is 0. The van der Waals surface area contributed by atoms with Crippen molar-refractivity contribution < 1.29 is 9.21 Å². The molecule has 1 amide bonds. The predicted octanol–water partition coefficient (Wildman–Crippen LogP) is 3.41. The van der Waals surface area contributed by atoms with Gasteiger partial charge in [-0.1, -0.05) is 0 Å². The second kappa shape index (κ2) is 7.59. The summed E-state index contributed by atoms with van der Waals surface area (Å²) in [5.74, 6) is 3.09. The lowest BCUT2D eigenvalue weighted by atomic mass is 10.1. The van der Waals surface area contributed by atoms with Crippen LogP contribution in [0.3, 0.4) is 0 Å². The van der Waals surface area contributed by atoms with Crippen molar-refractivity contribution in [3.63, 3.8) is 0 Å². The number of hydrogen-bond donors (Lipinski definition) is 1. The van der Waals surface area contributed by atoms with E-state index < -0.39 is 0 Å². The molecule has 2 aromatic heterocycles. The average molecular weight is 374 g/mol. The van der Waals surface area contributed by atoms with Gasteiger partial charge in [0.05, 0.1) is 28.0 Å². The van der Waals surface area contributed by atoms with Crippen LogP contribution in [0.5, 0.6) is 0 Å². The maximum Gasteiger partial charge on any atom is 0.251 e. The molecule has 3 heterocycles. The molecule has 1 N–H and O–H groups in total. The lowest BCUT2D eigenvalue weighted by Gasteiger charge is -2.33. The number of hydrogen-bond acceptors (Lipinski definition) is 6. The van der Waals surface area contributed by atoms with Gasteiger partial charge in [0.25, 0.3) is 5.91 Å². The highest BCUT2D eigenvalue weighted by Crippen LogP contribution is 2.24. The molecule has 3 aromatic rings. The van der Waals surface area contributed by atoms with Crippen molar-refractivity contribution in [3.05, 3.63) is 53.4 Å². The van der Waals surface area contributed by atoms with Gasteiger partial charge in [-0.15, -0.1) is 11.3 Å². The summed E-state index contributed by atoms with van der Waals surface area (Å²) in [4.78, 5) is 19.2. The Morgan fingerprint density at radius 2 is 2.20 bits per heavy atom. The number of thiazole rings is 1. The van der Waals surface area contributed by atoms with Crippen molar-refractivity contribution in [2.45, 2.75) is 6.04 Å². The van der Waals surface area contributed by atoms with Crippen LogP contribution in [0.4, 0.5) is 0 Å². The highest BCUT2D eigenvalue weighted by molar-refractivity contribution is 7.99. The fourth-order valence-electron chi connectivity index (χ4n) is 3.07. The van der Waals surface area contributed by atoms with Gasteiger partial charge in [0.1, 0.15) is 5.76 Å². The van der Waals surface area contributed by atoms with Crippen molar-refractivity contribution in [1.29, 1.82) is 0 Å². The molecule has 130 valence electrons. The SMILES string of the molecule is O=C(NC[C@@H](c1ccco1)N1CCSCC1)c1ccc2ncsc2c1. The summed E-state index contributed by atoms with van der Waals surface area (Å²) in [5, 5.41) is 3.08. The number of fused-ring (bicyclic) bond motifs is 1. The molecule has 4 rings (SSSR count). The summed E-state index contributed by atoms with van der Waals surface area (Å²) in [6.45, 7) is 2.56. The van der Waals surface area contributed by atoms with Gasteiger partial charge in [0.15, 0.2) is 0 Å². The van der Waals surface area contributed by atoms with Crippen LogP contribution in [0.2, 0.25) is 0 Å². The summed E-state index contributed by atoms with van der Waals surface area (Å²) in [5.41, 5.74) is 3.40. The van der Waals surface area contributed by atoms with Gasteiger partial charge >= 0.3 is 0 Å². The Morgan fingerprint density at radius 3 is 3.00 bits per heavy atom. The lowest BCUT2D eigenvalue weighted by Crippen LogP contribution is -2.41. The van der Waals surface area contributed by atoms with Crippen LogP contribution in [0.15, 0.2) is 46.5 Å². The number of carbonyl (C=O) groups is 1. The highest BCUT2D eigenvalue weighted by atomic mass is 32.2. The van der Waals surface area contributed by atoms with Gasteiger partial charge in [-0.2, -0.15) is 11.8 Å². The van der Waals surface area contributed by atoms with E-state index in [1.54, 1.807) is 23.1 Å². The minimum Gasteiger partial charge on any atom is -0.468 e. The third-order valence-electron chi connectivity index (χ3n) is 4.41. The third-order valence-corrected chi connectivity index (χ3v) is 6.14. The van der Waals surface area contributed by atoms with Crippen LogP contribution in [0.1, 0.15) is 22.2 Å². The number of nitrogens with zero attached hydrogens (tertiary/aromatic N) is 2. The standard InChI is InChI=1S/C18H19N3O2S2/c22-18(13-3-4-14-17(10-13)25-12-20-14)19-11-15(16-2-1-7-23-16)21-5-8-24-9-6-21/h1-4,7,10,12,15H,5-6,8-9,11H2,(H,19,22)/t15-/m0/s1. The molecule has 1 aliphatic heterocycles. The Kier molecular flexibility index (Phi) is 5.05. The third kappa shape index (κ3) is 3.73. The minimum atomic E-state index is -0.0572. The smallest absolute Gasteiger partial charge is 0.251 e. The molecule has 0 bridgehead atoms. The molecule has 0 radical (unpaired) electrons. The zero-order chi connectivity index (χ0) is 17.1. The number of aromatic nitrogens is 1. The van der Waals surface area contributed by atoms with Crippen molar-refractivity contribution in [1.82, 2.24) is 15.2 Å². The fraction of sp³-hybridized carbons (Fsp3) is 0.333. The zero-order valence-corrected chi connectivity index (χ0v) is 15.3. The maximum atomic E-state index is 12.6. The second-order valence-corrected chi connectivity index (χ2v) is 8.04. The van der Waals surface area contributed by atoms with E-state index >= 15 is 0 Å². The van der Waals surface area contributed by atoms with Crippen molar-refractivity contribution in [3.8, 4) is 0 Å². The topological polar surface area (TPSA) is 58.4 Å². The summed E-state index contributed by atoms with van der Waals surface area (Å²) in [6, 6.07) is 9.60. The van der Waals surface area contributed by atoms with E-state index in [9.17, 15) is 4.79 Å². The highest BCUT2D eigenvalue weighted by Gasteiger charge is 2.25. The quantitative estimate of drug-likeness (QED) is 0.743. The summed E-state index contributed by atoms with van der Waals surface area (Å²) < 4.78 is 6.66. The van der Waals surface area contributed by atoms with E-state index in [0.29, 0.717) is 12.1 Å². The molecular weight excluding hydrogens is 354 g/mol. The molecule has 1 fully saturated rings. The summed E-state index contributed by atoms with van der Waals surface area (Å²) in [6.07, 6.45) is 1.70. The molecule has 0 aliphatic carbocycles.